The van der Waals surface area contributed by atoms with E-state index in [1.165, 1.54) is 17.0 Å². The van der Waals surface area contributed by atoms with E-state index in [1.807, 2.05) is 0 Å². The van der Waals surface area contributed by atoms with Gasteiger partial charge in [-0.2, -0.15) is 0 Å². The fraction of sp³-hybridized carbons (Fsp3) is 0.188. The smallest absolute Gasteiger partial charge is 0.257 e. The highest BCUT2D eigenvalue weighted by molar-refractivity contribution is 9.10. The Hall–Kier alpha value is -1.75. The molecular weight excluding hydrogens is 340 g/mol. The molecular formula is C16H12BrF2NO. The third kappa shape index (κ3) is 2.46. The van der Waals surface area contributed by atoms with Crippen LogP contribution < -0.4 is 0 Å². The Morgan fingerprint density at radius 1 is 1.24 bits per heavy atom. The van der Waals surface area contributed by atoms with Gasteiger partial charge in [0.15, 0.2) is 0 Å². The van der Waals surface area contributed by atoms with Crippen LogP contribution in [0.1, 0.15) is 27.0 Å². The summed E-state index contributed by atoms with van der Waals surface area (Å²) in [6.07, 6.45) is 0. The van der Waals surface area contributed by atoms with E-state index >= 15 is 0 Å². The lowest BCUT2D eigenvalue weighted by molar-refractivity contribution is 0.0761. The van der Waals surface area contributed by atoms with Crippen LogP contribution >= 0.6 is 15.9 Å². The number of carbonyl (C=O) groups is 1. The molecule has 2 aromatic rings. The molecule has 1 heterocycles. The zero-order valence-electron chi connectivity index (χ0n) is 11.3. The first kappa shape index (κ1) is 14.2. The molecule has 0 N–H and O–H groups in total. The molecule has 0 aromatic heterocycles. The number of hydrogen-bond donors (Lipinski definition) is 0. The van der Waals surface area contributed by atoms with Crippen molar-refractivity contribution >= 4 is 21.8 Å². The third-order valence-corrected chi connectivity index (χ3v) is 4.15. The maximum absolute atomic E-state index is 14.1. The number of aryl methyl sites for hydroxylation is 1. The van der Waals surface area contributed by atoms with Crippen LogP contribution in [0.5, 0.6) is 0 Å². The van der Waals surface area contributed by atoms with Gasteiger partial charge in [-0.15, -0.1) is 0 Å². The molecule has 21 heavy (non-hydrogen) atoms. The Kier molecular flexibility index (Phi) is 3.53. The van der Waals surface area contributed by atoms with Gasteiger partial charge in [-0.1, -0.05) is 28.1 Å². The summed E-state index contributed by atoms with van der Waals surface area (Å²) < 4.78 is 28.5. The van der Waals surface area contributed by atoms with Crippen LogP contribution in [0.3, 0.4) is 0 Å². The van der Waals surface area contributed by atoms with Crippen LogP contribution in [0, 0.1) is 18.6 Å². The van der Waals surface area contributed by atoms with Crippen LogP contribution in [0.15, 0.2) is 34.8 Å². The normalized spacial score (nSPS) is 13.7. The number of carbonyl (C=O) groups excluding carboxylic acids is 1. The Labute approximate surface area is 129 Å². The Balaban J connectivity index is 1.92. The predicted molar refractivity (Wildman–Crippen MR) is 78.8 cm³/mol. The summed E-state index contributed by atoms with van der Waals surface area (Å²) in [6, 6.07) is 7.74. The number of amides is 1. The minimum absolute atomic E-state index is 0.104. The topological polar surface area (TPSA) is 20.3 Å². The summed E-state index contributed by atoms with van der Waals surface area (Å²) in [5, 5.41) is 0. The molecule has 0 bridgehead atoms. The maximum Gasteiger partial charge on any atom is 0.257 e. The van der Waals surface area contributed by atoms with Gasteiger partial charge in [0.2, 0.25) is 0 Å². The van der Waals surface area contributed by atoms with Crippen molar-refractivity contribution in [3.05, 3.63) is 68.7 Å². The number of rotatable bonds is 2. The summed E-state index contributed by atoms with van der Waals surface area (Å²) in [6.45, 7) is 2.23. The van der Waals surface area contributed by atoms with Gasteiger partial charge >= 0.3 is 0 Å². The second kappa shape index (κ2) is 5.22. The molecule has 1 amide bonds. The molecule has 3 rings (SSSR count). The van der Waals surface area contributed by atoms with Gasteiger partial charge in [0, 0.05) is 23.1 Å². The molecule has 2 aromatic carbocycles. The zero-order valence-corrected chi connectivity index (χ0v) is 12.9. The largest absolute Gasteiger partial charge is 0.330 e. The summed E-state index contributed by atoms with van der Waals surface area (Å²) in [5.74, 6) is -1.27. The quantitative estimate of drug-likeness (QED) is 0.794. The first-order valence-electron chi connectivity index (χ1n) is 6.48. The Bertz CT molecular complexity index is 722. The predicted octanol–water partition coefficient (Wildman–Crippen LogP) is 4.19. The second-order valence-corrected chi connectivity index (χ2v) is 6.03. The van der Waals surface area contributed by atoms with Gasteiger partial charge in [0.05, 0.1) is 5.56 Å². The molecule has 0 saturated carbocycles. The van der Waals surface area contributed by atoms with Crippen molar-refractivity contribution in [2.24, 2.45) is 0 Å². The van der Waals surface area contributed by atoms with Crippen molar-refractivity contribution in [3.8, 4) is 0 Å². The number of hydrogen-bond acceptors (Lipinski definition) is 1. The molecule has 1 aliphatic rings. The van der Waals surface area contributed by atoms with Crippen molar-refractivity contribution < 1.29 is 13.6 Å². The third-order valence-electron chi connectivity index (χ3n) is 3.69. The Morgan fingerprint density at radius 3 is 2.67 bits per heavy atom. The minimum Gasteiger partial charge on any atom is -0.330 e. The summed E-state index contributed by atoms with van der Waals surface area (Å²) >= 11 is 3.23. The molecule has 1 aliphatic heterocycles. The standard InChI is InChI=1S/C16H12BrF2NO/c1-9-5-11(17)6-14(19)12(9)8-20-7-10-3-2-4-13(18)15(10)16(20)21/h2-6H,7-8H2,1H3. The number of benzene rings is 2. The van der Waals surface area contributed by atoms with Crippen molar-refractivity contribution in [1.82, 2.24) is 4.90 Å². The van der Waals surface area contributed by atoms with Gasteiger partial charge < -0.3 is 4.90 Å². The first-order chi connectivity index (χ1) is 9.97. The lowest BCUT2D eigenvalue weighted by Crippen LogP contribution is -2.24. The zero-order chi connectivity index (χ0) is 15.1. The molecule has 0 spiro atoms. The summed E-state index contributed by atoms with van der Waals surface area (Å²) in [4.78, 5) is 13.7. The van der Waals surface area contributed by atoms with Crippen LogP contribution in [0.4, 0.5) is 8.78 Å². The van der Waals surface area contributed by atoms with Crippen LogP contribution in [-0.2, 0) is 13.1 Å². The lowest BCUT2D eigenvalue weighted by atomic mass is 10.1. The molecule has 0 fully saturated rings. The minimum atomic E-state index is -0.520. The first-order valence-corrected chi connectivity index (χ1v) is 7.28. The van der Waals surface area contributed by atoms with E-state index in [0.717, 1.165) is 5.56 Å². The van der Waals surface area contributed by atoms with E-state index in [1.54, 1.807) is 25.1 Å². The summed E-state index contributed by atoms with van der Waals surface area (Å²) in [7, 11) is 0. The van der Waals surface area contributed by atoms with E-state index in [2.05, 4.69) is 15.9 Å². The van der Waals surface area contributed by atoms with Crippen LogP contribution in [0.25, 0.3) is 0 Å². The molecule has 0 saturated heterocycles. The fourth-order valence-electron chi connectivity index (χ4n) is 2.63. The highest BCUT2D eigenvalue weighted by atomic mass is 79.9. The van der Waals surface area contributed by atoms with Gasteiger partial charge in [0.1, 0.15) is 11.6 Å². The van der Waals surface area contributed by atoms with Crippen molar-refractivity contribution in [2.75, 3.05) is 0 Å². The van der Waals surface area contributed by atoms with Gasteiger partial charge in [-0.05, 0) is 36.2 Å². The van der Waals surface area contributed by atoms with Crippen molar-refractivity contribution in [3.63, 3.8) is 0 Å². The highest BCUT2D eigenvalue weighted by Gasteiger charge is 2.30. The van der Waals surface area contributed by atoms with Crippen LogP contribution in [0.2, 0.25) is 0 Å². The summed E-state index contributed by atoms with van der Waals surface area (Å²) in [5.41, 5.74) is 1.97. The average molecular weight is 352 g/mol. The van der Waals surface area contributed by atoms with Gasteiger partial charge in [0.25, 0.3) is 5.91 Å². The SMILES string of the molecule is Cc1cc(Br)cc(F)c1CN1Cc2cccc(F)c2C1=O. The molecule has 0 unspecified atom stereocenters. The van der Waals surface area contributed by atoms with E-state index in [0.29, 0.717) is 22.1 Å². The highest BCUT2D eigenvalue weighted by Crippen LogP contribution is 2.28. The van der Waals surface area contributed by atoms with E-state index in [-0.39, 0.29) is 23.8 Å². The van der Waals surface area contributed by atoms with E-state index in [4.69, 9.17) is 0 Å². The van der Waals surface area contributed by atoms with E-state index < -0.39 is 5.82 Å². The molecule has 0 aliphatic carbocycles. The maximum atomic E-state index is 14.1. The van der Waals surface area contributed by atoms with Crippen molar-refractivity contribution in [1.29, 1.82) is 0 Å². The average Bonchev–Trinajstić information content (AvgIpc) is 2.72. The van der Waals surface area contributed by atoms with Gasteiger partial charge in [-0.3, -0.25) is 4.79 Å². The molecule has 108 valence electrons. The number of halogens is 3. The number of fused-ring (bicyclic) bond motifs is 1. The molecule has 2 nitrogen and oxygen atoms in total. The molecule has 0 atom stereocenters. The van der Waals surface area contributed by atoms with Crippen molar-refractivity contribution in [2.45, 2.75) is 20.0 Å². The number of nitrogens with zero attached hydrogens (tertiary/aromatic N) is 1. The van der Waals surface area contributed by atoms with Crippen LogP contribution in [-0.4, -0.2) is 10.8 Å². The molecule has 0 radical (unpaired) electrons. The second-order valence-electron chi connectivity index (χ2n) is 5.12. The lowest BCUT2D eigenvalue weighted by Gasteiger charge is -2.18. The fourth-order valence-corrected chi connectivity index (χ4v) is 3.17. The Morgan fingerprint density at radius 2 is 2.00 bits per heavy atom. The van der Waals surface area contributed by atoms with Gasteiger partial charge in [-0.25, -0.2) is 8.78 Å². The molecule has 5 heteroatoms. The monoisotopic (exact) mass is 351 g/mol. The van der Waals surface area contributed by atoms with E-state index in [9.17, 15) is 13.6 Å².